The van der Waals surface area contributed by atoms with Crippen LogP contribution in [0.2, 0.25) is 0 Å². The summed E-state index contributed by atoms with van der Waals surface area (Å²) >= 11 is 1.63. The average Bonchev–Trinajstić information content (AvgIpc) is 2.64. The van der Waals surface area contributed by atoms with Crippen LogP contribution in [0, 0.1) is 0 Å². The van der Waals surface area contributed by atoms with Crippen LogP contribution in [0.25, 0.3) is 0 Å². The van der Waals surface area contributed by atoms with Gasteiger partial charge in [0, 0.05) is 23.4 Å². The Balaban J connectivity index is 1.73. The van der Waals surface area contributed by atoms with Gasteiger partial charge in [-0.05, 0) is 24.3 Å². The molecule has 0 aliphatic heterocycles. The molecule has 0 aromatic heterocycles. The average molecular weight is 377 g/mol. The first kappa shape index (κ1) is 19.2. The van der Waals surface area contributed by atoms with Crippen LogP contribution in [-0.4, -0.2) is 41.2 Å². The van der Waals surface area contributed by atoms with Crippen LogP contribution in [0.1, 0.15) is 10.4 Å². The van der Waals surface area contributed by atoms with Crippen molar-refractivity contribution in [2.75, 3.05) is 25.2 Å². The molecule has 0 bridgehead atoms. The summed E-state index contributed by atoms with van der Waals surface area (Å²) in [6.45, 7) is 0.116. The summed E-state index contributed by atoms with van der Waals surface area (Å²) in [5.41, 5.74) is 0.218. The molecule has 0 saturated heterocycles. The smallest absolute Gasteiger partial charge is 0.339 e. The largest absolute Gasteiger partial charge is 0.452 e. The van der Waals surface area contributed by atoms with Gasteiger partial charge in [0.1, 0.15) is 0 Å². The monoisotopic (exact) mass is 377 g/mol. The van der Waals surface area contributed by atoms with Crippen LogP contribution in [0.3, 0.4) is 0 Å². The van der Waals surface area contributed by atoms with Crippen molar-refractivity contribution in [1.82, 2.24) is 5.32 Å². The highest BCUT2D eigenvalue weighted by Crippen LogP contribution is 2.16. The van der Waals surface area contributed by atoms with Gasteiger partial charge >= 0.3 is 5.97 Å². The number of carbonyl (C=O) groups is 2. The lowest BCUT2D eigenvalue weighted by atomic mass is 10.2. The molecule has 0 heterocycles. The normalized spacial score (nSPS) is 11.6. The number of hydrogen-bond donors (Lipinski definition) is 1. The highest BCUT2D eigenvalue weighted by atomic mass is 32.2. The highest BCUT2D eigenvalue weighted by Gasteiger charge is 2.15. The molecule has 25 heavy (non-hydrogen) atoms. The molecule has 0 fully saturated rings. The molecular weight excluding hydrogens is 358 g/mol. The van der Waals surface area contributed by atoms with E-state index in [0.717, 1.165) is 10.6 Å². The molecule has 1 atom stereocenters. The maximum atomic E-state index is 12.0. The number of amides is 1. The maximum absolute atomic E-state index is 12.0. The molecule has 132 valence electrons. The van der Waals surface area contributed by atoms with E-state index in [0.29, 0.717) is 11.4 Å². The van der Waals surface area contributed by atoms with E-state index in [1.807, 2.05) is 30.3 Å². The fourth-order valence-electron chi connectivity index (χ4n) is 2.02. The highest BCUT2D eigenvalue weighted by molar-refractivity contribution is 7.99. The number of carbonyl (C=O) groups excluding carboxylic acids is 2. The Labute approximate surface area is 153 Å². The van der Waals surface area contributed by atoms with E-state index in [1.54, 1.807) is 30.0 Å². The van der Waals surface area contributed by atoms with Gasteiger partial charge in [0.25, 0.3) is 5.91 Å². The van der Waals surface area contributed by atoms with Gasteiger partial charge in [-0.1, -0.05) is 30.3 Å². The third-order valence-corrected chi connectivity index (χ3v) is 5.18. The van der Waals surface area contributed by atoms with E-state index in [2.05, 4.69) is 5.32 Å². The van der Waals surface area contributed by atoms with Gasteiger partial charge in [-0.3, -0.25) is 9.00 Å². The standard InChI is InChI=1S/C18H19NO4S2/c1-25(22)16-10-6-5-9-15(16)18(21)23-13-17(20)19-11-12-24-14-7-3-2-4-8-14/h2-10H,11-13H2,1H3,(H,19,20)/t25-/m0/s1. The molecule has 2 aromatic rings. The summed E-state index contributed by atoms with van der Waals surface area (Å²) in [6, 6.07) is 16.4. The molecule has 7 heteroatoms. The Bertz CT molecular complexity index is 750. The van der Waals surface area contributed by atoms with E-state index in [4.69, 9.17) is 4.74 Å². The topological polar surface area (TPSA) is 72.5 Å². The minimum Gasteiger partial charge on any atom is -0.452 e. The molecule has 5 nitrogen and oxygen atoms in total. The lowest BCUT2D eigenvalue weighted by Gasteiger charge is -2.08. The molecule has 0 saturated carbocycles. The quantitative estimate of drug-likeness (QED) is 0.435. The SMILES string of the molecule is C[S@](=O)c1ccccc1C(=O)OCC(=O)NCCSc1ccccc1. The fourth-order valence-corrected chi connectivity index (χ4v) is 3.54. The molecule has 0 aliphatic carbocycles. The van der Waals surface area contributed by atoms with E-state index in [1.165, 1.54) is 12.3 Å². The van der Waals surface area contributed by atoms with Crippen molar-refractivity contribution in [2.24, 2.45) is 0 Å². The van der Waals surface area contributed by atoms with Gasteiger partial charge in [0.15, 0.2) is 6.61 Å². The van der Waals surface area contributed by atoms with Crippen LogP contribution in [-0.2, 0) is 20.3 Å². The number of hydrogen-bond acceptors (Lipinski definition) is 5. The number of thioether (sulfide) groups is 1. The first-order valence-corrected chi connectivity index (χ1v) is 10.2. The predicted molar refractivity (Wildman–Crippen MR) is 99.2 cm³/mol. The summed E-state index contributed by atoms with van der Waals surface area (Å²) < 4.78 is 16.6. The molecular formula is C18H19NO4S2. The van der Waals surface area contributed by atoms with Crippen LogP contribution in [0.15, 0.2) is 64.4 Å². The van der Waals surface area contributed by atoms with Gasteiger partial charge in [0.2, 0.25) is 0 Å². The zero-order chi connectivity index (χ0) is 18.1. The fraction of sp³-hybridized carbons (Fsp3) is 0.222. The van der Waals surface area contributed by atoms with Crippen molar-refractivity contribution in [2.45, 2.75) is 9.79 Å². The number of esters is 1. The van der Waals surface area contributed by atoms with Crippen LogP contribution < -0.4 is 5.32 Å². The van der Waals surface area contributed by atoms with Gasteiger partial charge in [-0.25, -0.2) is 4.79 Å². The minimum absolute atomic E-state index is 0.218. The molecule has 0 spiro atoms. The molecule has 0 unspecified atom stereocenters. The summed E-state index contributed by atoms with van der Waals surface area (Å²) in [6.07, 6.45) is 1.49. The van der Waals surface area contributed by atoms with Gasteiger partial charge in [-0.15, -0.1) is 11.8 Å². The molecule has 1 amide bonds. The minimum atomic E-state index is -1.30. The van der Waals surface area contributed by atoms with Crippen LogP contribution >= 0.6 is 11.8 Å². The van der Waals surface area contributed by atoms with E-state index in [9.17, 15) is 13.8 Å². The Morgan fingerprint density at radius 1 is 1.08 bits per heavy atom. The van der Waals surface area contributed by atoms with E-state index in [-0.39, 0.29) is 18.1 Å². The second-order valence-corrected chi connectivity index (χ2v) is 7.55. The van der Waals surface area contributed by atoms with Crippen molar-refractivity contribution in [3.05, 3.63) is 60.2 Å². The molecule has 0 radical (unpaired) electrons. The Morgan fingerprint density at radius 3 is 2.48 bits per heavy atom. The summed E-state index contributed by atoms with van der Waals surface area (Å²) in [5.74, 6) is -0.293. The Morgan fingerprint density at radius 2 is 1.76 bits per heavy atom. The zero-order valence-electron chi connectivity index (χ0n) is 13.8. The van der Waals surface area contributed by atoms with Crippen molar-refractivity contribution in [3.63, 3.8) is 0 Å². The first-order valence-electron chi connectivity index (χ1n) is 7.62. The van der Waals surface area contributed by atoms with Gasteiger partial charge in [-0.2, -0.15) is 0 Å². The van der Waals surface area contributed by atoms with Crippen molar-refractivity contribution >= 4 is 34.4 Å². The summed E-state index contributed by atoms with van der Waals surface area (Å²) in [4.78, 5) is 25.3. The predicted octanol–water partition coefficient (Wildman–Crippen LogP) is 2.49. The third-order valence-electron chi connectivity index (χ3n) is 3.19. The van der Waals surface area contributed by atoms with Crippen LogP contribution in [0.4, 0.5) is 0 Å². The van der Waals surface area contributed by atoms with Crippen molar-refractivity contribution < 1.29 is 18.5 Å². The third kappa shape index (κ3) is 6.36. The lowest BCUT2D eigenvalue weighted by molar-refractivity contribution is -0.124. The second-order valence-electron chi connectivity index (χ2n) is 5.04. The first-order chi connectivity index (χ1) is 12.1. The van der Waals surface area contributed by atoms with E-state index < -0.39 is 16.8 Å². The molecule has 2 aromatic carbocycles. The van der Waals surface area contributed by atoms with Gasteiger partial charge < -0.3 is 10.1 Å². The summed E-state index contributed by atoms with van der Waals surface area (Å²) in [7, 11) is -1.30. The number of ether oxygens (including phenoxy) is 1. The second kappa shape index (κ2) is 10.0. The summed E-state index contributed by atoms with van der Waals surface area (Å²) in [5, 5.41) is 2.70. The number of benzene rings is 2. The number of rotatable bonds is 8. The maximum Gasteiger partial charge on any atom is 0.339 e. The van der Waals surface area contributed by atoms with Crippen LogP contribution in [0.5, 0.6) is 0 Å². The Hall–Kier alpha value is -2.12. The van der Waals surface area contributed by atoms with Crippen molar-refractivity contribution in [1.29, 1.82) is 0 Å². The Kier molecular flexibility index (Phi) is 7.69. The molecule has 0 aliphatic rings. The zero-order valence-corrected chi connectivity index (χ0v) is 15.4. The molecule has 2 rings (SSSR count). The molecule has 1 N–H and O–H groups in total. The van der Waals surface area contributed by atoms with Crippen molar-refractivity contribution in [3.8, 4) is 0 Å². The van der Waals surface area contributed by atoms with Gasteiger partial charge in [0.05, 0.1) is 21.3 Å². The lowest BCUT2D eigenvalue weighted by Crippen LogP contribution is -2.30. The van der Waals surface area contributed by atoms with E-state index >= 15 is 0 Å². The number of nitrogens with one attached hydrogen (secondary N) is 1.